The molecule has 18 heavy (non-hydrogen) atoms. The van der Waals surface area contributed by atoms with Crippen molar-refractivity contribution >= 4 is 0 Å². The summed E-state index contributed by atoms with van der Waals surface area (Å²) in [5.41, 5.74) is 5.42. The van der Waals surface area contributed by atoms with Crippen LogP contribution in [-0.4, -0.2) is 62.2 Å². The first-order valence-electron chi connectivity index (χ1n) is 6.93. The van der Waals surface area contributed by atoms with Crippen molar-refractivity contribution in [1.82, 2.24) is 13.7 Å². The molecule has 0 aromatic heterocycles. The second-order valence-corrected chi connectivity index (χ2v) is 10.6. The molecular formula is C12H28I2N4-2. The molecule has 0 aromatic carbocycles. The number of nitrogens with two attached hydrogens (primary N) is 1. The van der Waals surface area contributed by atoms with Crippen LogP contribution in [0.4, 0.5) is 0 Å². The molecule has 1 saturated heterocycles. The van der Waals surface area contributed by atoms with Crippen molar-refractivity contribution in [1.29, 1.82) is 0 Å². The van der Waals surface area contributed by atoms with E-state index in [2.05, 4.69) is 13.7 Å². The van der Waals surface area contributed by atoms with Crippen LogP contribution in [0.3, 0.4) is 0 Å². The van der Waals surface area contributed by atoms with E-state index >= 15 is 0 Å². The van der Waals surface area contributed by atoms with Crippen LogP contribution in [0.5, 0.6) is 0 Å². The quantitative estimate of drug-likeness (QED) is 0.140. The molecule has 0 spiro atoms. The average Bonchev–Trinajstić information content (AvgIpc) is 2.51. The van der Waals surface area contributed by atoms with E-state index < -0.39 is 0 Å². The molecule has 4 N–H and O–H groups in total. The summed E-state index contributed by atoms with van der Waals surface area (Å²) in [7, 11) is 0. The molecular weight excluding hydrogens is 454 g/mol. The Labute approximate surface area is 133 Å². The molecule has 0 bridgehead atoms. The van der Waals surface area contributed by atoms with Gasteiger partial charge in [-0.1, -0.05) is 0 Å². The second-order valence-electron chi connectivity index (χ2n) is 4.28. The third-order valence-corrected chi connectivity index (χ3v) is 8.88. The normalized spacial score (nSPS) is 20.1. The summed E-state index contributed by atoms with van der Waals surface area (Å²) in [6.07, 6.45) is 2.98. The van der Waals surface area contributed by atoms with Crippen molar-refractivity contribution in [3.8, 4) is 0 Å². The van der Waals surface area contributed by atoms with E-state index in [-0.39, 0.29) is 0 Å². The maximum atomic E-state index is 5.42. The van der Waals surface area contributed by atoms with Crippen molar-refractivity contribution in [2.24, 2.45) is 5.73 Å². The summed E-state index contributed by atoms with van der Waals surface area (Å²) in [5.74, 6) is 0. The Kier molecular flexibility index (Phi) is 12.8. The van der Waals surface area contributed by atoms with E-state index in [0.717, 1.165) is 32.7 Å². The van der Waals surface area contributed by atoms with E-state index in [9.17, 15) is 0 Å². The van der Waals surface area contributed by atoms with Gasteiger partial charge < -0.3 is 0 Å². The molecule has 1 heterocycles. The minimum absolute atomic E-state index is 0.333. The first kappa shape index (κ1) is 17.4. The van der Waals surface area contributed by atoms with Gasteiger partial charge in [-0.15, -0.1) is 0 Å². The zero-order valence-corrected chi connectivity index (χ0v) is 15.6. The minimum atomic E-state index is 0.333. The monoisotopic (exact) mass is 482 g/mol. The summed E-state index contributed by atoms with van der Waals surface area (Å²) in [6, 6.07) is 0. The molecule has 0 aromatic rings. The van der Waals surface area contributed by atoms with Crippen LogP contribution in [0.15, 0.2) is 0 Å². The van der Waals surface area contributed by atoms with Crippen LogP contribution in [0.2, 0.25) is 0 Å². The Morgan fingerprint density at radius 3 is 2.56 bits per heavy atom. The van der Waals surface area contributed by atoms with Crippen molar-refractivity contribution in [2.45, 2.75) is 12.8 Å². The zero-order valence-electron chi connectivity index (χ0n) is 11.3. The molecule has 0 amide bonds. The summed E-state index contributed by atoms with van der Waals surface area (Å²) in [6.45, 7) is 7.57. The van der Waals surface area contributed by atoms with Gasteiger partial charge in [0.1, 0.15) is 0 Å². The molecule has 0 unspecified atom stereocenters. The van der Waals surface area contributed by atoms with Gasteiger partial charge in [-0.25, -0.2) is 0 Å². The van der Waals surface area contributed by atoms with Gasteiger partial charge in [0.05, 0.1) is 0 Å². The summed E-state index contributed by atoms with van der Waals surface area (Å²) >= 11 is 0.896. The Morgan fingerprint density at radius 1 is 0.944 bits per heavy atom. The Bertz CT molecular complexity index is 173. The summed E-state index contributed by atoms with van der Waals surface area (Å²) in [5, 5.41) is 6.83. The number of nitrogens with zero attached hydrogens (tertiary/aromatic N) is 1. The fourth-order valence-electron chi connectivity index (χ4n) is 1.71. The molecule has 1 fully saturated rings. The van der Waals surface area contributed by atoms with Crippen LogP contribution in [0.1, 0.15) is 12.8 Å². The molecule has 0 radical (unpaired) electrons. The topological polar surface area (TPSA) is 53.3 Å². The number of hydrogen-bond acceptors (Lipinski definition) is 4. The molecule has 0 aliphatic carbocycles. The Morgan fingerprint density at radius 2 is 1.72 bits per heavy atom. The van der Waals surface area contributed by atoms with Crippen molar-refractivity contribution in [3.05, 3.63) is 0 Å². The third-order valence-electron chi connectivity index (χ3n) is 2.65. The van der Waals surface area contributed by atoms with Gasteiger partial charge in [0.2, 0.25) is 0 Å². The maximum absolute atomic E-state index is 5.42. The van der Waals surface area contributed by atoms with Crippen LogP contribution >= 0.6 is 0 Å². The van der Waals surface area contributed by atoms with Gasteiger partial charge in [-0.05, 0) is 0 Å². The zero-order chi connectivity index (χ0) is 12.9. The number of hydrogen-bond donors (Lipinski definition) is 3. The van der Waals surface area contributed by atoms with E-state index in [1.165, 1.54) is 30.4 Å². The Hall–Kier alpha value is 1.30. The number of alkyl halides is 3. The van der Waals surface area contributed by atoms with Crippen LogP contribution < -0.4 is 59.1 Å². The SMILES string of the molecule is NCCNCCNCCN1CCC[I-]CCC[I-]1. The van der Waals surface area contributed by atoms with Crippen LogP contribution in [-0.2, 0) is 0 Å². The van der Waals surface area contributed by atoms with Gasteiger partial charge in [0, 0.05) is 0 Å². The molecule has 112 valence electrons. The first-order valence-corrected chi connectivity index (χ1v) is 12.5. The van der Waals surface area contributed by atoms with E-state index in [1.54, 1.807) is 8.86 Å². The van der Waals surface area contributed by atoms with Gasteiger partial charge >= 0.3 is 134 Å². The molecule has 0 saturated carbocycles. The first-order chi connectivity index (χ1) is 8.93. The van der Waals surface area contributed by atoms with E-state index in [1.807, 2.05) is 0 Å². The van der Waals surface area contributed by atoms with Crippen LogP contribution in [0, 0.1) is 0 Å². The standard InChI is InChI=1S/C12H28I2N4/c15-6-7-16-8-9-17-10-12-18-11-2-4-13-3-1-5-14-18/h16-17H,1-12,15H2/q-2. The van der Waals surface area contributed by atoms with Gasteiger partial charge in [-0.2, -0.15) is 0 Å². The van der Waals surface area contributed by atoms with Gasteiger partial charge in [0.25, 0.3) is 0 Å². The molecule has 1 rings (SSSR count). The molecule has 6 heteroatoms. The molecule has 0 atom stereocenters. The van der Waals surface area contributed by atoms with Gasteiger partial charge in [0.15, 0.2) is 0 Å². The third kappa shape index (κ3) is 10.1. The summed E-state index contributed by atoms with van der Waals surface area (Å²) in [4.78, 5) is 0. The fraction of sp³-hybridized carbons (Fsp3) is 1.00. The van der Waals surface area contributed by atoms with E-state index in [4.69, 9.17) is 5.73 Å². The fourth-order valence-corrected chi connectivity index (χ4v) is 8.17. The summed E-state index contributed by atoms with van der Waals surface area (Å²) < 4.78 is 7.41. The van der Waals surface area contributed by atoms with E-state index in [0.29, 0.717) is 42.7 Å². The van der Waals surface area contributed by atoms with Gasteiger partial charge in [-0.3, -0.25) is 0 Å². The number of nitrogens with one attached hydrogen (secondary N) is 2. The number of rotatable bonds is 8. The van der Waals surface area contributed by atoms with Crippen molar-refractivity contribution in [2.75, 3.05) is 59.1 Å². The van der Waals surface area contributed by atoms with Crippen molar-refractivity contribution in [3.63, 3.8) is 0 Å². The Balaban J connectivity index is 1.95. The average molecular weight is 482 g/mol. The van der Waals surface area contributed by atoms with Crippen LogP contribution in [0.25, 0.3) is 0 Å². The molecule has 1 aliphatic rings. The van der Waals surface area contributed by atoms with Crippen molar-refractivity contribution < 1.29 is 42.7 Å². The second kappa shape index (κ2) is 13.3. The number of halogens is 2. The molecule has 4 nitrogen and oxygen atoms in total. The molecule has 1 aliphatic heterocycles. The predicted octanol–water partition coefficient (Wildman–Crippen LogP) is -6.69. The predicted molar refractivity (Wildman–Crippen MR) is 70.2 cm³/mol.